The van der Waals surface area contributed by atoms with Gasteiger partial charge in [-0.15, -0.1) is 0 Å². The molecule has 10 heteroatoms. The van der Waals surface area contributed by atoms with Crippen LogP contribution in [0.5, 0.6) is 0 Å². The lowest BCUT2D eigenvalue weighted by molar-refractivity contribution is -0.152. The molecule has 0 saturated carbocycles. The van der Waals surface area contributed by atoms with Crippen molar-refractivity contribution in [2.24, 2.45) is 17.8 Å². The number of fused-ring (bicyclic) bond motifs is 1. The summed E-state index contributed by atoms with van der Waals surface area (Å²) in [5, 5.41) is 16.7. The standard InChI is InChI=1S/C31H46N4O6/c1-4-21(3)23(20-36)35-26(28(38)32-13-14-34-15-17-40-18-16-34)31-12-11-30(5-2,41-31)24(25(31)29(35)39)27(37)33-19-22-9-7-6-8-10-22/h6-10,21,23-26,36H,4-5,11-20H2,1-3H3,(H,32,38)(H,33,37)/t21-,23-,24-,25-,26?,30+,31?/m0/s1. The van der Waals surface area contributed by atoms with Crippen molar-refractivity contribution in [2.75, 3.05) is 46.0 Å². The van der Waals surface area contributed by atoms with Crippen molar-refractivity contribution in [3.05, 3.63) is 35.9 Å². The van der Waals surface area contributed by atoms with Crippen LogP contribution >= 0.6 is 0 Å². The molecular formula is C31H46N4O6. The molecule has 4 heterocycles. The fourth-order valence-electron chi connectivity index (χ4n) is 7.68. The average molecular weight is 571 g/mol. The first-order chi connectivity index (χ1) is 19.8. The second-order valence-electron chi connectivity index (χ2n) is 12.2. The number of aliphatic hydroxyl groups excluding tert-OH is 1. The van der Waals surface area contributed by atoms with Crippen molar-refractivity contribution in [1.29, 1.82) is 0 Å². The molecular weight excluding hydrogens is 524 g/mol. The summed E-state index contributed by atoms with van der Waals surface area (Å²) in [6.45, 7) is 10.2. The molecule has 5 rings (SSSR count). The fraction of sp³-hybridized carbons (Fsp3) is 0.710. The summed E-state index contributed by atoms with van der Waals surface area (Å²) >= 11 is 0. The highest BCUT2D eigenvalue weighted by Gasteiger charge is 2.79. The smallest absolute Gasteiger partial charge is 0.245 e. The maximum absolute atomic E-state index is 14.4. The first kappa shape index (κ1) is 29.9. The molecule has 10 nitrogen and oxygen atoms in total. The first-order valence-electron chi connectivity index (χ1n) is 15.3. The zero-order chi connectivity index (χ0) is 29.2. The van der Waals surface area contributed by atoms with Crippen molar-refractivity contribution in [1.82, 2.24) is 20.4 Å². The van der Waals surface area contributed by atoms with E-state index in [2.05, 4.69) is 15.5 Å². The largest absolute Gasteiger partial charge is 0.394 e. The Labute approximate surface area is 243 Å². The molecule has 1 aromatic carbocycles. The van der Waals surface area contributed by atoms with Gasteiger partial charge in [0.1, 0.15) is 11.6 Å². The number of ether oxygens (including phenoxy) is 2. The van der Waals surface area contributed by atoms with Gasteiger partial charge in [-0.2, -0.15) is 0 Å². The number of hydrogen-bond donors (Lipinski definition) is 3. The number of carbonyl (C=O) groups excluding carboxylic acids is 3. The summed E-state index contributed by atoms with van der Waals surface area (Å²) in [5.74, 6) is -2.26. The average Bonchev–Trinajstić information content (AvgIpc) is 3.61. The van der Waals surface area contributed by atoms with Gasteiger partial charge in [-0.1, -0.05) is 57.5 Å². The van der Waals surface area contributed by atoms with Crippen LogP contribution in [-0.2, 0) is 30.4 Å². The Morgan fingerprint density at radius 2 is 1.83 bits per heavy atom. The van der Waals surface area contributed by atoms with Crippen molar-refractivity contribution in [3.63, 3.8) is 0 Å². The Morgan fingerprint density at radius 1 is 1.10 bits per heavy atom. The van der Waals surface area contributed by atoms with E-state index >= 15 is 0 Å². The van der Waals surface area contributed by atoms with Gasteiger partial charge in [0.2, 0.25) is 17.7 Å². The normalized spacial score (nSPS) is 32.5. The number of nitrogens with one attached hydrogen (secondary N) is 2. The fourth-order valence-corrected chi connectivity index (χ4v) is 7.68. The second-order valence-corrected chi connectivity index (χ2v) is 12.2. The van der Waals surface area contributed by atoms with E-state index in [1.807, 2.05) is 51.1 Å². The van der Waals surface area contributed by atoms with E-state index in [9.17, 15) is 19.5 Å². The van der Waals surface area contributed by atoms with Crippen LogP contribution < -0.4 is 10.6 Å². The lowest BCUT2D eigenvalue weighted by atomic mass is 9.65. The summed E-state index contributed by atoms with van der Waals surface area (Å²) in [4.78, 5) is 46.2. The number of rotatable bonds is 12. The summed E-state index contributed by atoms with van der Waals surface area (Å²) in [5.41, 5.74) is -0.935. The number of nitrogens with zero attached hydrogens (tertiary/aromatic N) is 2. The van der Waals surface area contributed by atoms with Crippen LogP contribution in [0.4, 0.5) is 0 Å². The monoisotopic (exact) mass is 570 g/mol. The van der Waals surface area contributed by atoms with Gasteiger partial charge in [-0.05, 0) is 30.7 Å². The van der Waals surface area contributed by atoms with Gasteiger partial charge in [0.05, 0.1) is 43.3 Å². The lowest BCUT2D eigenvalue weighted by Crippen LogP contribution is -2.59. The van der Waals surface area contributed by atoms with Crippen molar-refractivity contribution in [3.8, 4) is 0 Å². The molecule has 1 aromatic rings. The van der Waals surface area contributed by atoms with E-state index in [0.717, 1.165) is 25.1 Å². The lowest BCUT2D eigenvalue weighted by Gasteiger charge is -2.39. The second kappa shape index (κ2) is 12.4. The molecule has 2 unspecified atom stereocenters. The zero-order valence-corrected chi connectivity index (χ0v) is 24.6. The quantitative estimate of drug-likeness (QED) is 0.347. The first-order valence-corrected chi connectivity index (χ1v) is 15.3. The Hall–Kier alpha value is -2.53. The summed E-state index contributed by atoms with van der Waals surface area (Å²) in [6.07, 6.45) is 2.44. The maximum atomic E-state index is 14.4. The van der Waals surface area contributed by atoms with Gasteiger partial charge in [-0.3, -0.25) is 19.3 Å². The van der Waals surface area contributed by atoms with Gasteiger partial charge in [0.25, 0.3) is 0 Å². The highest BCUT2D eigenvalue weighted by atomic mass is 16.5. The molecule has 0 radical (unpaired) electrons. The van der Waals surface area contributed by atoms with E-state index in [-0.39, 0.29) is 30.2 Å². The minimum atomic E-state index is -1.11. The Balaban J connectivity index is 1.43. The highest BCUT2D eigenvalue weighted by molar-refractivity contribution is 5.99. The third kappa shape index (κ3) is 5.28. The van der Waals surface area contributed by atoms with E-state index < -0.39 is 35.1 Å². The van der Waals surface area contributed by atoms with Gasteiger partial charge < -0.3 is 30.1 Å². The molecule has 7 atom stereocenters. The molecule has 41 heavy (non-hydrogen) atoms. The van der Waals surface area contributed by atoms with Crippen LogP contribution in [0.15, 0.2) is 30.3 Å². The molecule has 1 spiro atoms. The van der Waals surface area contributed by atoms with Gasteiger partial charge >= 0.3 is 0 Å². The number of amides is 3. The maximum Gasteiger partial charge on any atom is 0.245 e. The number of aliphatic hydroxyl groups is 1. The van der Waals surface area contributed by atoms with Crippen LogP contribution in [0, 0.1) is 17.8 Å². The topological polar surface area (TPSA) is 120 Å². The van der Waals surface area contributed by atoms with Gasteiger partial charge in [-0.25, -0.2) is 0 Å². The summed E-state index contributed by atoms with van der Waals surface area (Å²) in [6, 6.07) is 8.23. The molecule has 2 bridgehead atoms. The molecule has 3 N–H and O–H groups in total. The third-order valence-corrected chi connectivity index (χ3v) is 10.1. The molecule has 4 aliphatic heterocycles. The number of morpholine rings is 1. The summed E-state index contributed by atoms with van der Waals surface area (Å²) < 4.78 is 12.3. The molecule has 0 aliphatic carbocycles. The molecule has 4 fully saturated rings. The van der Waals surface area contributed by atoms with E-state index in [1.54, 1.807) is 4.90 Å². The predicted molar refractivity (Wildman–Crippen MR) is 153 cm³/mol. The van der Waals surface area contributed by atoms with E-state index in [0.29, 0.717) is 52.1 Å². The summed E-state index contributed by atoms with van der Waals surface area (Å²) in [7, 11) is 0. The molecule has 4 aliphatic rings. The number of benzene rings is 1. The van der Waals surface area contributed by atoms with Crippen molar-refractivity contribution < 1.29 is 29.0 Å². The van der Waals surface area contributed by atoms with E-state index in [1.165, 1.54) is 0 Å². The van der Waals surface area contributed by atoms with Crippen LogP contribution in [0.25, 0.3) is 0 Å². The molecule has 226 valence electrons. The Morgan fingerprint density at radius 3 is 2.49 bits per heavy atom. The molecule has 4 saturated heterocycles. The Bertz CT molecular complexity index is 1100. The van der Waals surface area contributed by atoms with Crippen molar-refractivity contribution in [2.45, 2.75) is 76.3 Å². The molecule has 0 aromatic heterocycles. The third-order valence-electron chi connectivity index (χ3n) is 10.1. The van der Waals surface area contributed by atoms with E-state index in [4.69, 9.17) is 9.47 Å². The van der Waals surface area contributed by atoms with Crippen LogP contribution in [0.2, 0.25) is 0 Å². The minimum Gasteiger partial charge on any atom is -0.394 e. The van der Waals surface area contributed by atoms with Crippen LogP contribution in [-0.4, -0.2) is 102 Å². The Kier molecular flexibility index (Phi) is 9.04. The SMILES string of the molecule is CC[C@H](C)[C@H](CO)N1C(=O)[C@@H]2[C@@H](C(=O)NCc3ccccc3)[C@@]3(CC)CCC2(O3)C1C(=O)NCCN1CCOCC1. The van der Waals surface area contributed by atoms with Gasteiger partial charge in [0.15, 0.2) is 0 Å². The number of hydrogen-bond acceptors (Lipinski definition) is 7. The zero-order valence-electron chi connectivity index (χ0n) is 24.6. The highest BCUT2D eigenvalue weighted by Crippen LogP contribution is 2.64. The van der Waals surface area contributed by atoms with Crippen molar-refractivity contribution >= 4 is 17.7 Å². The predicted octanol–water partition coefficient (Wildman–Crippen LogP) is 1.31. The van der Waals surface area contributed by atoms with Crippen LogP contribution in [0.3, 0.4) is 0 Å². The van der Waals surface area contributed by atoms with Gasteiger partial charge in [0, 0.05) is 32.7 Å². The number of likely N-dealkylation sites (tertiary alicyclic amines) is 1. The molecule has 3 amide bonds. The number of carbonyl (C=O) groups is 3. The minimum absolute atomic E-state index is 0.0366. The van der Waals surface area contributed by atoms with Crippen LogP contribution in [0.1, 0.15) is 52.0 Å².